The van der Waals surface area contributed by atoms with E-state index in [4.69, 9.17) is 21.9 Å². The largest absolute Gasteiger partial charge is 0.494 e. The Labute approximate surface area is 243 Å². The smallest absolute Gasteiger partial charge is 0.242 e. The minimum Gasteiger partial charge on any atom is -0.494 e. The number of nitrogens with one attached hydrogen (secondary N) is 2. The van der Waals surface area contributed by atoms with Crippen LogP contribution in [0.25, 0.3) is 0 Å². The molecule has 0 aliphatic carbocycles. The Hall–Kier alpha value is -3.51. The molecule has 2 aromatic rings. The number of rotatable bonds is 19. The number of carbonyl (C=O) groups is 3. The highest BCUT2D eigenvalue weighted by Gasteiger charge is 2.26. The molecule has 2 rings (SSSR count). The second-order valence-corrected chi connectivity index (χ2v) is 10.2. The summed E-state index contributed by atoms with van der Waals surface area (Å²) < 4.78 is 5.77. The van der Waals surface area contributed by atoms with Crippen LogP contribution < -0.4 is 32.6 Å². The van der Waals surface area contributed by atoms with Gasteiger partial charge in [-0.3, -0.25) is 14.4 Å². The van der Waals surface area contributed by atoms with Crippen LogP contribution in [0.5, 0.6) is 5.75 Å². The molecule has 0 aromatic heterocycles. The second kappa shape index (κ2) is 18.8. The maximum absolute atomic E-state index is 13.2. The summed E-state index contributed by atoms with van der Waals surface area (Å²) in [6.45, 7) is 3.08. The number of nitrogens with two attached hydrogens (primary N) is 3. The standard InChI is InChI=1S/C30H47N7O4/c1-36(2)17-6-20-41-25-12-9-24(10-13-25)22-34-30(40)27(14-11-23-7-4-3-5-8-23)35-29(39)26(33)21-28(38)37(18-15-31)19-16-32/h3-5,7-10,12-13,26-27H,6,11,14-22,31-33H2,1-2H3,(H,34,40)(H,35,39). The number of aryl methyl sites for hydroxylation is 1. The van der Waals surface area contributed by atoms with Crippen molar-refractivity contribution in [1.82, 2.24) is 20.4 Å². The summed E-state index contributed by atoms with van der Waals surface area (Å²) in [7, 11) is 4.05. The first-order valence-corrected chi connectivity index (χ1v) is 14.2. The molecule has 0 fully saturated rings. The van der Waals surface area contributed by atoms with Gasteiger partial charge in [0, 0.05) is 39.3 Å². The molecule has 11 nitrogen and oxygen atoms in total. The van der Waals surface area contributed by atoms with Crippen LogP contribution in [0.1, 0.15) is 30.4 Å². The molecule has 0 spiro atoms. The Morgan fingerprint density at radius 3 is 2.15 bits per heavy atom. The van der Waals surface area contributed by atoms with Gasteiger partial charge in [-0.05, 0) is 56.6 Å². The van der Waals surface area contributed by atoms with E-state index < -0.39 is 18.0 Å². The molecule has 0 saturated heterocycles. The van der Waals surface area contributed by atoms with Crippen molar-refractivity contribution in [2.24, 2.45) is 17.2 Å². The quantitative estimate of drug-likeness (QED) is 0.150. The molecule has 2 unspecified atom stereocenters. The first kappa shape index (κ1) is 33.7. The van der Waals surface area contributed by atoms with Crippen molar-refractivity contribution < 1.29 is 19.1 Å². The Morgan fingerprint density at radius 1 is 0.878 bits per heavy atom. The fourth-order valence-corrected chi connectivity index (χ4v) is 4.17. The molecule has 2 aromatic carbocycles. The van der Waals surface area contributed by atoms with E-state index in [0.29, 0.717) is 32.5 Å². The van der Waals surface area contributed by atoms with Crippen LogP contribution in [-0.2, 0) is 27.3 Å². The zero-order valence-corrected chi connectivity index (χ0v) is 24.4. The van der Waals surface area contributed by atoms with E-state index in [2.05, 4.69) is 15.5 Å². The molecule has 0 bridgehead atoms. The lowest BCUT2D eigenvalue weighted by atomic mass is 10.0. The molecule has 226 valence electrons. The summed E-state index contributed by atoms with van der Waals surface area (Å²) in [4.78, 5) is 42.4. The maximum atomic E-state index is 13.2. The molecule has 0 heterocycles. The van der Waals surface area contributed by atoms with Gasteiger partial charge in [0.15, 0.2) is 0 Å². The zero-order valence-electron chi connectivity index (χ0n) is 24.4. The molecular formula is C30H47N7O4. The van der Waals surface area contributed by atoms with Crippen molar-refractivity contribution in [2.75, 3.05) is 53.4 Å². The van der Waals surface area contributed by atoms with Gasteiger partial charge in [0.2, 0.25) is 17.7 Å². The molecule has 8 N–H and O–H groups in total. The van der Waals surface area contributed by atoms with Gasteiger partial charge in [-0.15, -0.1) is 0 Å². The van der Waals surface area contributed by atoms with Crippen molar-refractivity contribution in [2.45, 2.75) is 44.3 Å². The lowest BCUT2D eigenvalue weighted by Crippen LogP contribution is -2.53. The highest BCUT2D eigenvalue weighted by atomic mass is 16.5. The molecule has 0 aliphatic heterocycles. The lowest BCUT2D eigenvalue weighted by Gasteiger charge is -2.24. The number of nitrogens with zero attached hydrogens (tertiary/aromatic N) is 2. The predicted octanol–water partition coefficient (Wildman–Crippen LogP) is 0.214. The van der Waals surface area contributed by atoms with Crippen LogP contribution in [0.3, 0.4) is 0 Å². The van der Waals surface area contributed by atoms with E-state index in [9.17, 15) is 14.4 Å². The number of benzene rings is 2. The van der Waals surface area contributed by atoms with E-state index in [-0.39, 0.29) is 37.9 Å². The monoisotopic (exact) mass is 569 g/mol. The van der Waals surface area contributed by atoms with Gasteiger partial charge in [-0.2, -0.15) is 0 Å². The van der Waals surface area contributed by atoms with E-state index in [0.717, 1.165) is 29.8 Å². The van der Waals surface area contributed by atoms with Crippen LogP contribution >= 0.6 is 0 Å². The third-order valence-corrected chi connectivity index (χ3v) is 6.49. The van der Waals surface area contributed by atoms with E-state index in [1.165, 1.54) is 4.90 Å². The number of hydrogen-bond acceptors (Lipinski definition) is 8. The van der Waals surface area contributed by atoms with Gasteiger partial charge in [-0.1, -0.05) is 42.5 Å². The van der Waals surface area contributed by atoms with Gasteiger partial charge in [0.1, 0.15) is 11.8 Å². The summed E-state index contributed by atoms with van der Waals surface area (Å²) in [6, 6.07) is 15.3. The number of hydrogen-bond donors (Lipinski definition) is 5. The number of ether oxygens (including phenoxy) is 1. The van der Waals surface area contributed by atoms with Gasteiger partial charge in [0.05, 0.1) is 19.1 Å². The molecular weight excluding hydrogens is 522 g/mol. The van der Waals surface area contributed by atoms with Gasteiger partial charge in [-0.25, -0.2) is 0 Å². The van der Waals surface area contributed by atoms with Crippen molar-refractivity contribution in [3.05, 3.63) is 65.7 Å². The zero-order chi connectivity index (χ0) is 30.0. The summed E-state index contributed by atoms with van der Waals surface area (Å²) >= 11 is 0. The molecule has 2 atom stereocenters. The summed E-state index contributed by atoms with van der Waals surface area (Å²) in [5, 5.41) is 5.67. The van der Waals surface area contributed by atoms with Crippen LogP contribution in [0.4, 0.5) is 0 Å². The van der Waals surface area contributed by atoms with Gasteiger partial charge >= 0.3 is 0 Å². The van der Waals surface area contributed by atoms with Crippen LogP contribution in [0.15, 0.2) is 54.6 Å². The van der Waals surface area contributed by atoms with Gasteiger partial charge < -0.3 is 42.4 Å². The summed E-state index contributed by atoms with van der Waals surface area (Å²) in [6.07, 6.45) is 1.67. The normalized spacial score (nSPS) is 12.4. The Balaban J connectivity index is 1.97. The summed E-state index contributed by atoms with van der Waals surface area (Å²) in [5.74, 6) is -0.432. The fraction of sp³-hybridized carbons (Fsp3) is 0.500. The highest BCUT2D eigenvalue weighted by molar-refractivity contribution is 5.92. The minimum absolute atomic E-state index is 0.206. The molecule has 11 heteroatoms. The summed E-state index contributed by atoms with van der Waals surface area (Å²) in [5.41, 5.74) is 19.2. The third-order valence-electron chi connectivity index (χ3n) is 6.49. The van der Waals surface area contributed by atoms with E-state index in [1.807, 2.05) is 68.7 Å². The van der Waals surface area contributed by atoms with Crippen LogP contribution in [-0.4, -0.2) is 93.0 Å². The molecule has 0 radical (unpaired) electrons. The average Bonchev–Trinajstić information content (AvgIpc) is 2.96. The Bertz CT molecular complexity index is 1040. The van der Waals surface area contributed by atoms with E-state index in [1.54, 1.807) is 0 Å². The third kappa shape index (κ3) is 13.1. The second-order valence-electron chi connectivity index (χ2n) is 10.2. The first-order chi connectivity index (χ1) is 19.7. The van der Waals surface area contributed by atoms with E-state index >= 15 is 0 Å². The molecule has 41 heavy (non-hydrogen) atoms. The predicted molar refractivity (Wildman–Crippen MR) is 161 cm³/mol. The van der Waals surface area contributed by atoms with Crippen molar-refractivity contribution in [3.63, 3.8) is 0 Å². The van der Waals surface area contributed by atoms with Crippen molar-refractivity contribution >= 4 is 17.7 Å². The molecule has 3 amide bonds. The maximum Gasteiger partial charge on any atom is 0.242 e. The van der Waals surface area contributed by atoms with Crippen LogP contribution in [0.2, 0.25) is 0 Å². The number of carbonyl (C=O) groups excluding carboxylic acids is 3. The minimum atomic E-state index is -1.11. The molecule has 0 saturated carbocycles. The average molecular weight is 570 g/mol. The Morgan fingerprint density at radius 2 is 1.54 bits per heavy atom. The van der Waals surface area contributed by atoms with Crippen molar-refractivity contribution in [1.29, 1.82) is 0 Å². The fourth-order valence-electron chi connectivity index (χ4n) is 4.17. The highest BCUT2D eigenvalue weighted by Crippen LogP contribution is 2.13. The first-order valence-electron chi connectivity index (χ1n) is 14.2. The van der Waals surface area contributed by atoms with Crippen LogP contribution in [0, 0.1) is 0 Å². The SMILES string of the molecule is CN(C)CCCOc1ccc(CNC(=O)C(CCc2ccccc2)NC(=O)C(N)CC(=O)N(CCN)CCN)cc1. The Kier molecular flexibility index (Phi) is 15.4. The molecule has 0 aliphatic rings. The topological polar surface area (TPSA) is 169 Å². The number of amides is 3. The van der Waals surface area contributed by atoms with Gasteiger partial charge in [0.25, 0.3) is 0 Å². The van der Waals surface area contributed by atoms with Crippen molar-refractivity contribution in [3.8, 4) is 5.75 Å². The lowest BCUT2D eigenvalue weighted by molar-refractivity contribution is -0.135.